The molecule has 80 valence electrons. The molecule has 13 heavy (non-hydrogen) atoms. The highest BCUT2D eigenvalue weighted by atomic mass is 28.4. The zero-order valence-corrected chi connectivity index (χ0v) is 10.9. The summed E-state index contributed by atoms with van der Waals surface area (Å²) in [5, 5.41) is 0. The molecule has 0 aliphatic carbocycles. The summed E-state index contributed by atoms with van der Waals surface area (Å²) in [7, 11) is -1.29. The zero-order chi connectivity index (χ0) is 10.2. The summed E-state index contributed by atoms with van der Waals surface area (Å²) in [6.45, 7) is 10.1. The molecule has 0 spiro atoms. The van der Waals surface area contributed by atoms with Gasteiger partial charge in [-0.15, -0.1) is 0 Å². The standard InChI is InChI=1S/C11H26OSi/c1-5-9-12-13(8-4,10-6-2)11-7-3/h5-11H2,1-4H3. The molecule has 0 rings (SSSR count). The Hall–Kier alpha value is 0.177. The van der Waals surface area contributed by atoms with E-state index in [1.807, 2.05) is 0 Å². The average Bonchev–Trinajstić information content (AvgIpc) is 2.15. The van der Waals surface area contributed by atoms with E-state index in [2.05, 4.69) is 27.7 Å². The summed E-state index contributed by atoms with van der Waals surface area (Å²) in [4.78, 5) is 0. The van der Waals surface area contributed by atoms with Gasteiger partial charge in [0.05, 0.1) is 0 Å². The second-order valence-corrected chi connectivity index (χ2v) is 8.25. The van der Waals surface area contributed by atoms with Gasteiger partial charge in [-0.25, -0.2) is 0 Å². The fraction of sp³-hybridized carbons (Fsp3) is 1.00. The predicted molar refractivity (Wildman–Crippen MR) is 62.7 cm³/mol. The lowest BCUT2D eigenvalue weighted by molar-refractivity contribution is 0.296. The van der Waals surface area contributed by atoms with Crippen molar-refractivity contribution in [1.29, 1.82) is 0 Å². The summed E-state index contributed by atoms with van der Waals surface area (Å²) in [5.74, 6) is 0. The third-order valence-electron chi connectivity index (χ3n) is 2.67. The molecule has 0 atom stereocenters. The van der Waals surface area contributed by atoms with Crippen molar-refractivity contribution in [2.45, 2.75) is 65.1 Å². The predicted octanol–water partition coefficient (Wildman–Crippen LogP) is 4.20. The van der Waals surface area contributed by atoms with Gasteiger partial charge in [-0.1, -0.05) is 40.5 Å². The van der Waals surface area contributed by atoms with Crippen molar-refractivity contribution >= 4 is 8.32 Å². The third kappa shape index (κ3) is 4.82. The maximum absolute atomic E-state index is 6.15. The Morgan fingerprint density at radius 1 is 0.846 bits per heavy atom. The fourth-order valence-corrected chi connectivity index (χ4v) is 5.86. The van der Waals surface area contributed by atoms with Crippen molar-refractivity contribution in [3.8, 4) is 0 Å². The van der Waals surface area contributed by atoms with Crippen LogP contribution in [0.3, 0.4) is 0 Å². The Kier molecular flexibility index (Phi) is 7.67. The first kappa shape index (κ1) is 13.2. The molecule has 0 amide bonds. The van der Waals surface area contributed by atoms with Crippen LogP contribution >= 0.6 is 0 Å². The second-order valence-electron chi connectivity index (χ2n) is 3.89. The van der Waals surface area contributed by atoms with Crippen LogP contribution in [0, 0.1) is 0 Å². The van der Waals surface area contributed by atoms with E-state index in [1.165, 1.54) is 37.4 Å². The summed E-state index contributed by atoms with van der Waals surface area (Å²) in [5.41, 5.74) is 0. The van der Waals surface area contributed by atoms with E-state index in [0.29, 0.717) is 0 Å². The first-order valence-electron chi connectivity index (χ1n) is 5.88. The van der Waals surface area contributed by atoms with E-state index in [-0.39, 0.29) is 0 Å². The molecule has 0 aromatic carbocycles. The van der Waals surface area contributed by atoms with Gasteiger partial charge < -0.3 is 4.43 Å². The van der Waals surface area contributed by atoms with Gasteiger partial charge in [0.15, 0.2) is 8.32 Å². The lowest BCUT2D eigenvalue weighted by Crippen LogP contribution is -2.37. The molecule has 0 fully saturated rings. The molecule has 0 saturated carbocycles. The minimum atomic E-state index is -1.29. The van der Waals surface area contributed by atoms with E-state index >= 15 is 0 Å². The van der Waals surface area contributed by atoms with Gasteiger partial charge in [0.2, 0.25) is 0 Å². The monoisotopic (exact) mass is 202 g/mol. The van der Waals surface area contributed by atoms with E-state index < -0.39 is 8.32 Å². The van der Waals surface area contributed by atoms with Crippen LogP contribution in [0.5, 0.6) is 0 Å². The highest BCUT2D eigenvalue weighted by molar-refractivity contribution is 6.73. The SMILES string of the molecule is CCCO[Si](CC)(CCC)CCC. The Balaban J connectivity index is 4.07. The van der Waals surface area contributed by atoms with Crippen LogP contribution in [0.1, 0.15) is 47.0 Å². The summed E-state index contributed by atoms with van der Waals surface area (Å²) in [6, 6.07) is 4.02. The van der Waals surface area contributed by atoms with Gasteiger partial charge in [-0.2, -0.15) is 0 Å². The van der Waals surface area contributed by atoms with Crippen LogP contribution in [-0.2, 0) is 4.43 Å². The lowest BCUT2D eigenvalue weighted by atomic mass is 10.5. The maximum atomic E-state index is 6.15. The highest BCUT2D eigenvalue weighted by Crippen LogP contribution is 2.25. The van der Waals surface area contributed by atoms with Gasteiger partial charge in [-0.3, -0.25) is 0 Å². The highest BCUT2D eigenvalue weighted by Gasteiger charge is 2.30. The van der Waals surface area contributed by atoms with Gasteiger partial charge in [0, 0.05) is 6.61 Å². The fourth-order valence-electron chi connectivity index (χ4n) is 1.95. The molecule has 0 bridgehead atoms. The van der Waals surface area contributed by atoms with Crippen LogP contribution < -0.4 is 0 Å². The quantitative estimate of drug-likeness (QED) is 0.536. The first-order valence-corrected chi connectivity index (χ1v) is 8.41. The lowest BCUT2D eigenvalue weighted by Gasteiger charge is -2.29. The van der Waals surface area contributed by atoms with E-state index in [1.54, 1.807) is 0 Å². The zero-order valence-electron chi connectivity index (χ0n) is 9.86. The maximum Gasteiger partial charge on any atom is 0.192 e. The molecule has 0 aliphatic heterocycles. The molecule has 0 N–H and O–H groups in total. The van der Waals surface area contributed by atoms with E-state index in [0.717, 1.165) is 6.61 Å². The van der Waals surface area contributed by atoms with Crippen molar-refractivity contribution in [3.63, 3.8) is 0 Å². The first-order chi connectivity index (χ1) is 6.24. The molecule has 0 unspecified atom stereocenters. The molecule has 0 aromatic rings. The number of hydrogen-bond acceptors (Lipinski definition) is 1. The van der Waals surface area contributed by atoms with Gasteiger partial charge in [0.25, 0.3) is 0 Å². The van der Waals surface area contributed by atoms with E-state index in [4.69, 9.17) is 4.43 Å². The molecular formula is C11H26OSi. The van der Waals surface area contributed by atoms with Gasteiger partial charge >= 0.3 is 0 Å². The van der Waals surface area contributed by atoms with Gasteiger partial charge in [0.1, 0.15) is 0 Å². The smallest absolute Gasteiger partial charge is 0.192 e. The molecular weight excluding hydrogens is 176 g/mol. The Morgan fingerprint density at radius 3 is 1.69 bits per heavy atom. The number of rotatable bonds is 8. The van der Waals surface area contributed by atoms with Crippen LogP contribution in [0.25, 0.3) is 0 Å². The van der Waals surface area contributed by atoms with Crippen LogP contribution in [0.4, 0.5) is 0 Å². The van der Waals surface area contributed by atoms with Crippen LogP contribution in [0.2, 0.25) is 18.1 Å². The average molecular weight is 202 g/mol. The third-order valence-corrected chi connectivity index (χ3v) is 7.60. The van der Waals surface area contributed by atoms with Crippen LogP contribution in [0.15, 0.2) is 0 Å². The molecule has 0 heterocycles. The van der Waals surface area contributed by atoms with Crippen molar-refractivity contribution in [3.05, 3.63) is 0 Å². The summed E-state index contributed by atoms with van der Waals surface area (Å²) >= 11 is 0. The summed E-state index contributed by atoms with van der Waals surface area (Å²) < 4.78 is 6.15. The molecule has 0 saturated heterocycles. The number of hydrogen-bond donors (Lipinski definition) is 0. The Labute approximate surface area is 85.0 Å². The van der Waals surface area contributed by atoms with Crippen molar-refractivity contribution in [2.75, 3.05) is 6.61 Å². The molecule has 0 aromatic heterocycles. The van der Waals surface area contributed by atoms with Crippen LogP contribution in [-0.4, -0.2) is 14.9 Å². The van der Waals surface area contributed by atoms with Crippen molar-refractivity contribution < 1.29 is 4.43 Å². The minimum Gasteiger partial charge on any atom is -0.417 e. The molecule has 2 heteroatoms. The normalized spacial score (nSPS) is 12.0. The summed E-state index contributed by atoms with van der Waals surface area (Å²) in [6.07, 6.45) is 3.76. The van der Waals surface area contributed by atoms with Gasteiger partial charge in [-0.05, 0) is 24.6 Å². The second kappa shape index (κ2) is 7.57. The molecule has 0 aliphatic rings. The Bertz CT molecular complexity index is 109. The van der Waals surface area contributed by atoms with Crippen molar-refractivity contribution in [2.24, 2.45) is 0 Å². The minimum absolute atomic E-state index is 0.986. The molecule has 1 nitrogen and oxygen atoms in total. The van der Waals surface area contributed by atoms with Crippen molar-refractivity contribution in [1.82, 2.24) is 0 Å². The largest absolute Gasteiger partial charge is 0.417 e. The molecule has 0 radical (unpaired) electrons. The topological polar surface area (TPSA) is 9.23 Å². The Morgan fingerprint density at radius 2 is 1.38 bits per heavy atom. The van der Waals surface area contributed by atoms with E-state index in [9.17, 15) is 0 Å².